The molecule has 0 saturated carbocycles. The molecule has 1 aromatic heterocycles. The van der Waals surface area contributed by atoms with Gasteiger partial charge in [0.25, 0.3) is 0 Å². The van der Waals surface area contributed by atoms with E-state index in [1.807, 2.05) is 6.07 Å². The molecule has 0 fully saturated rings. The number of hydrogen-bond donors (Lipinski definition) is 1. The Bertz CT molecular complexity index is 627. The summed E-state index contributed by atoms with van der Waals surface area (Å²) in [6.07, 6.45) is 4.83. The van der Waals surface area contributed by atoms with Gasteiger partial charge in [0.15, 0.2) is 12.4 Å². The highest BCUT2D eigenvalue weighted by Gasteiger charge is 2.15. The van der Waals surface area contributed by atoms with Crippen molar-refractivity contribution in [2.24, 2.45) is 5.16 Å². The monoisotopic (exact) mass is 350 g/mol. The Hall–Kier alpha value is -2.21. The Balaban J connectivity index is 0.00000220. The molecule has 0 atom stereocenters. The Morgan fingerprint density at radius 1 is 1.29 bits per heavy atom. The number of carbonyl (C=O) groups is 1. The number of Topliss-reactive ketones (excluding diaryl/α,β-unsaturated/α-hetero) is 1. The van der Waals surface area contributed by atoms with Gasteiger partial charge in [-0.05, 0) is 12.1 Å². The van der Waals surface area contributed by atoms with Crippen molar-refractivity contribution in [1.29, 1.82) is 0 Å². The Labute approximate surface area is 133 Å². The fourth-order valence-corrected chi connectivity index (χ4v) is 1.85. The maximum absolute atomic E-state index is 12.2. The summed E-state index contributed by atoms with van der Waals surface area (Å²) in [6, 6.07) is 10.7. The minimum atomic E-state index is -0.0315. The van der Waals surface area contributed by atoms with Crippen molar-refractivity contribution in [3.8, 4) is 5.75 Å². The zero-order chi connectivity index (χ0) is 14.4. The van der Waals surface area contributed by atoms with Crippen LogP contribution >= 0.6 is 0 Å². The van der Waals surface area contributed by atoms with Crippen molar-refractivity contribution < 1.29 is 36.3 Å². The van der Waals surface area contributed by atoms with Gasteiger partial charge in [-0.3, -0.25) is 4.79 Å². The fraction of sp³-hybridized carbons (Fsp3) is 0.133. The van der Waals surface area contributed by atoms with Crippen LogP contribution in [0.15, 0.2) is 53.9 Å². The van der Waals surface area contributed by atoms with Crippen LogP contribution in [0.1, 0.15) is 15.9 Å². The van der Waals surface area contributed by atoms with Crippen LogP contribution in [-0.4, -0.2) is 24.3 Å². The summed E-state index contributed by atoms with van der Waals surface area (Å²) in [7, 11) is 1.54. The summed E-state index contributed by atoms with van der Waals surface area (Å²) in [5.74, 6) is 0.540. The van der Waals surface area contributed by atoms with Crippen molar-refractivity contribution >= 4 is 12.0 Å². The third kappa shape index (κ3) is 4.39. The summed E-state index contributed by atoms with van der Waals surface area (Å²) in [5.41, 5.74) is 1.32. The summed E-state index contributed by atoms with van der Waals surface area (Å²) in [6.45, 7) is 0.219. The van der Waals surface area contributed by atoms with Crippen LogP contribution in [0, 0.1) is 0 Å². The van der Waals surface area contributed by atoms with E-state index >= 15 is 0 Å². The number of nitrogens with zero attached hydrogens (tertiary/aromatic N) is 2. The Morgan fingerprint density at radius 2 is 1.95 bits per heavy atom. The van der Waals surface area contributed by atoms with Gasteiger partial charge in [-0.15, -0.1) is 0 Å². The van der Waals surface area contributed by atoms with Gasteiger partial charge in [-0.25, -0.2) is 0 Å². The van der Waals surface area contributed by atoms with Gasteiger partial charge >= 0.3 is 0 Å². The van der Waals surface area contributed by atoms with Crippen LogP contribution < -0.4 is 26.3 Å². The Morgan fingerprint density at radius 3 is 2.57 bits per heavy atom. The molecule has 0 aliphatic carbocycles. The van der Waals surface area contributed by atoms with Crippen molar-refractivity contribution in [2.45, 2.75) is 6.54 Å². The van der Waals surface area contributed by atoms with Crippen molar-refractivity contribution in [3.63, 3.8) is 0 Å². The van der Waals surface area contributed by atoms with Gasteiger partial charge in [0.05, 0.1) is 18.9 Å². The first kappa shape index (κ1) is 16.8. The van der Waals surface area contributed by atoms with E-state index in [2.05, 4.69) is 5.16 Å². The lowest BCUT2D eigenvalue weighted by atomic mass is 10.1. The molecule has 0 saturated heterocycles. The third-order valence-electron chi connectivity index (χ3n) is 2.86. The largest absolute Gasteiger partial charge is 1.00 e. The summed E-state index contributed by atoms with van der Waals surface area (Å²) < 4.78 is 6.93. The number of halogens is 1. The predicted octanol–water partition coefficient (Wildman–Crippen LogP) is -1.32. The van der Waals surface area contributed by atoms with E-state index in [4.69, 9.17) is 9.94 Å². The van der Waals surface area contributed by atoms with E-state index in [1.165, 1.54) is 6.21 Å². The molecule has 0 radical (unpaired) electrons. The normalized spacial score (nSPS) is 10.1. The number of para-hydroxylation sites is 1. The zero-order valence-corrected chi connectivity index (χ0v) is 13.0. The molecular formula is C15H15BrN2O3. The van der Waals surface area contributed by atoms with E-state index < -0.39 is 0 Å². The second-order valence-corrected chi connectivity index (χ2v) is 4.17. The topological polar surface area (TPSA) is 62.8 Å². The molecule has 110 valence electrons. The molecule has 21 heavy (non-hydrogen) atoms. The lowest BCUT2D eigenvalue weighted by Crippen LogP contribution is -3.00. The molecule has 2 aromatic rings. The number of hydrogen-bond acceptors (Lipinski definition) is 4. The number of carbonyl (C=O) groups excluding carboxylic acids is 1. The van der Waals surface area contributed by atoms with Gasteiger partial charge in [-0.1, -0.05) is 17.3 Å². The SMILES string of the molecule is COc1ccccc1C(=O)C[n+]1ccc(C=NO)cc1.[Br-]. The number of benzene rings is 1. The van der Waals surface area contributed by atoms with Crippen LogP contribution in [0.3, 0.4) is 0 Å². The zero-order valence-electron chi connectivity index (χ0n) is 11.4. The fourth-order valence-electron chi connectivity index (χ4n) is 1.85. The summed E-state index contributed by atoms with van der Waals surface area (Å²) in [4.78, 5) is 12.2. The molecule has 0 amide bonds. The molecule has 0 aliphatic heterocycles. The van der Waals surface area contributed by atoms with Gasteiger partial charge < -0.3 is 26.9 Å². The molecule has 5 nitrogen and oxygen atoms in total. The van der Waals surface area contributed by atoms with E-state index in [9.17, 15) is 4.79 Å². The average Bonchev–Trinajstić information content (AvgIpc) is 2.49. The maximum atomic E-state index is 12.2. The first-order chi connectivity index (χ1) is 9.74. The highest BCUT2D eigenvalue weighted by molar-refractivity contribution is 5.97. The predicted molar refractivity (Wildman–Crippen MR) is 73.3 cm³/mol. The average molecular weight is 351 g/mol. The van der Waals surface area contributed by atoms with Crippen molar-refractivity contribution in [1.82, 2.24) is 0 Å². The molecular weight excluding hydrogens is 336 g/mol. The van der Waals surface area contributed by atoms with Crippen LogP contribution in [0.5, 0.6) is 5.75 Å². The van der Waals surface area contributed by atoms with E-state index in [-0.39, 0.29) is 29.3 Å². The first-order valence-corrected chi connectivity index (χ1v) is 6.07. The van der Waals surface area contributed by atoms with Crippen molar-refractivity contribution in [2.75, 3.05) is 7.11 Å². The number of methoxy groups -OCH3 is 1. The molecule has 1 aromatic carbocycles. The van der Waals surface area contributed by atoms with Crippen LogP contribution in [0.4, 0.5) is 0 Å². The highest BCUT2D eigenvalue weighted by atomic mass is 79.9. The summed E-state index contributed by atoms with van der Waals surface area (Å²) in [5, 5.41) is 11.4. The Kier molecular flexibility index (Phi) is 6.55. The van der Waals surface area contributed by atoms with E-state index in [0.29, 0.717) is 11.3 Å². The lowest BCUT2D eigenvalue weighted by Gasteiger charge is -2.05. The van der Waals surface area contributed by atoms with Crippen LogP contribution in [0.2, 0.25) is 0 Å². The number of ether oxygens (including phenoxy) is 1. The van der Waals surface area contributed by atoms with Crippen LogP contribution in [-0.2, 0) is 6.54 Å². The summed E-state index contributed by atoms with van der Waals surface area (Å²) >= 11 is 0. The van der Waals surface area contributed by atoms with Crippen molar-refractivity contribution in [3.05, 3.63) is 59.9 Å². The minimum absolute atomic E-state index is 0. The van der Waals surface area contributed by atoms with E-state index in [0.717, 1.165) is 5.56 Å². The third-order valence-corrected chi connectivity index (χ3v) is 2.86. The molecule has 0 unspecified atom stereocenters. The lowest BCUT2D eigenvalue weighted by molar-refractivity contribution is -0.683. The van der Waals surface area contributed by atoms with Gasteiger partial charge in [0.1, 0.15) is 5.75 Å². The van der Waals surface area contributed by atoms with E-state index in [1.54, 1.807) is 54.4 Å². The number of pyridine rings is 1. The quantitative estimate of drug-likeness (QED) is 0.239. The van der Waals surface area contributed by atoms with Gasteiger partial charge in [-0.2, -0.15) is 4.57 Å². The molecule has 0 spiro atoms. The molecule has 1 heterocycles. The minimum Gasteiger partial charge on any atom is -1.00 e. The molecule has 2 rings (SSSR count). The van der Waals surface area contributed by atoms with Gasteiger partial charge in [0, 0.05) is 17.7 Å². The second-order valence-electron chi connectivity index (χ2n) is 4.17. The van der Waals surface area contributed by atoms with Gasteiger partial charge in [0.2, 0.25) is 12.3 Å². The maximum Gasteiger partial charge on any atom is 0.231 e. The number of rotatable bonds is 5. The molecule has 0 bridgehead atoms. The number of ketones is 1. The highest BCUT2D eigenvalue weighted by Crippen LogP contribution is 2.17. The number of aromatic nitrogens is 1. The number of oxime groups is 1. The molecule has 6 heteroatoms. The second kappa shape index (κ2) is 8.16. The molecule has 1 N–H and O–H groups in total. The molecule has 0 aliphatic rings. The van der Waals surface area contributed by atoms with Crippen LogP contribution in [0.25, 0.3) is 0 Å². The standard InChI is InChI=1S/C15H14N2O3.BrH/c1-20-15-5-3-2-4-13(15)14(18)11-17-8-6-12(7-9-17)10-16-19;/h2-10H,11H2,1H3;1H. The smallest absolute Gasteiger partial charge is 0.231 e. The first-order valence-electron chi connectivity index (χ1n) is 6.07.